The molecule has 18 heavy (non-hydrogen) atoms. The summed E-state index contributed by atoms with van der Waals surface area (Å²) in [6, 6.07) is 2.84. The molecule has 0 aliphatic rings. The van der Waals surface area contributed by atoms with Crippen molar-refractivity contribution in [2.75, 3.05) is 13.7 Å². The Kier molecular flexibility index (Phi) is 5.37. The van der Waals surface area contributed by atoms with E-state index in [1.165, 1.54) is 14.0 Å². The van der Waals surface area contributed by atoms with Crippen molar-refractivity contribution in [3.63, 3.8) is 0 Å². The first-order valence-electron chi connectivity index (χ1n) is 5.59. The zero-order valence-corrected chi connectivity index (χ0v) is 10.6. The van der Waals surface area contributed by atoms with E-state index in [2.05, 4.69) is 0 Å². The highest BCUT2D eigenvalue weighted by molar-refractivity contribution is 5.99. The van der Waals surface area contributed by atoms with Gasteiger partial charge in [-0.1, -0.05) is 0 Å². The summed E-state index contributed by atoms with van der Waals surface area (Å²) in [5.41, 5.74) is -0.173. The lowest BCUT2D eigenvalue weighted by atomic mass is 10.1. The largest absolute Gasteiger partial charge is 0.382 e. The van der Waals surface area contributed by atoms with Gasteiger partial charge in [-0.25, -0.2) is 8.78 Å². The SMILES string of the molecule is COCC(C)OC(C)C(=O)c1ccc(F)cc1F. The van der Waals surface area contributed by atoms with Crippen molar-refractivity contribution in [1.29, 1.82) is 0 Å². The van der Waals surface area contributed by atoms with Crippen LogP contribution in [0.5, 0.6) is 0 Å². The molecule has 0 fully saturated rings. The highest BCUT2D eigenvalue weighted by Gasteiger charge is 2.21. The molecule has 2 atom stereocenters. The summed E-state index contributed by atoms with van der Waals surface area (Å²) in [4.78, 5) is 11.9. The minimum atomic E-state index is -0.880. The van der Waals surface area contributed by atoms with E-state index in [4.69, 9.17) is 9.47 Å². The van der Waals surface area contributed by atoms with Crippen molar-refractivity contribution < 1.29 is 23.0 Å². The maximum atomic E-state index is 13.4. The first-order valence-corrected chi connectivity index (χ1v) is 5.59. The Morgan fingerprint density at radius 1 is 1.33 bits per heavy atom. The fourth-order valence-corrected chi connectivity index (χ4v) is 1.59. The van der Waals surface area contributed by atoms with Crippen LogP contribution in [0.1, 0.15) is 24.2 Å². The summed E-state index contributed by atoms with van der Waals surface area (Å²) in [6.07, 6.45) is -1.09. The topological polar surface area (TPSA) is 35.5 Å². The van der Waals surface area contributed by atoms with Gasteiger partial charge in [-0.2, -0.15) is 0 Å². The van der Waals surface area contributed by atoms with Gasteiger partial charge in [-0.05, 0) is 26.0 Å². The third kappa shape index (κ3) is 3.85. The molecule has 2 unspecified atom stereocenters. The van der Waals surface area contributed by atoms with Crippen LogP contribution in [0.3, 0.4) is 0 Å². The van der Waals surface area contributed by atoms with Crippen molar-refractivity contribution in [2.45, 2.75) is 26.1 Å². The second-order valence-corrected chi connectivity index (χ2v) is 4.03. The first-order chi connectivity index (χ1) is 8.45. The number of ketones is 1. The number of halogens is 2. The van der Waals surface area contributed by atoms with Gasteiger partial charge >= 0.3 is 0 Å². The van der Waals surface area contributed by atoms with Gasteiger partial charge in [0, 0.05) is 13.2 Å². The Labute approximate surface area is 105 Å². The molecule has 5 heteroatoms. The Balaban J connectivity index is 2.74. The molecule has 0 heterocycles. The number of rotatable bonds is 6. The van der Waals surface area contributed by atoms with Crippen LogP contribution >= 0.6 is 0 Å². The molecule has 0 aliphatic carbocycles. The minimum Gasteiger partial charge on any atom is -0.382 e. The van der Waals surface area contributed by atoms with Gasteiger partial charge in [0.1, 0.15) is 17.7 Å². The van der Waals surface area contributed by atoms with Crippen molar-refractivity contribution in [2.24, 2.45) is 0 Å². The predicted octanol–water partition coefficient (Wildman–Crippen LogP) is 2.59. The van der Waals surface area contributed by atoms with Crippen LogP contribution in [0.15, 0.2) is 18.2 Å². The number of hydrogen-bond donors (Lipinski definition) is 0. The molecule has 1 aromatic carbocycles. The van der Waals surface area contributed by atoms with Crippen molar-refractivity contribution >= 4 is 5.78 Å². The van der Waals surface area contributed by atoms with Crippen molar-refractivity contribution in [3.8, 4) is 0 Å². The first kappa shape index (κ1) is 14.7. The third-order valence-corrected chi connectivity index (χ3v) is 2.40. The highest BCUT2D eigenvalue weighted by Crippen LogP contribution is 2.14. The number of ether oxygens (including phenoxy) is 2. The molecule has 0 spiro atoms. The zero-order chi connectivity index (χ0) is 13.7. The van der Waals surface area contributed by atoms with E-state index in [1.807, 2.05) is 0 Å². The maximum absolute atomic E-state index is 13.4. The Morgan fingerprint density at radius 2 is 2.00 bits per heavy atom. The van der Waals surface area contributed by atoms with Gasteiger partial charge in [0.25, 0.3) is 0 Å². The van der Waals surface area contributed by atoms with Gasteiger partial charge < -0.3 is 9.47 Å². The molecule has 1 rings (SSSR count). The average molecular weight is 258 g/mol. The van der Waals surface area contributed by atoms with E-state index < -0.39 is 23.5 Å². The van der Waals surface area contributed by atoms with Gasteiger partial charge in [0.2, 0.25) is 0 Å². The molecule has 0 bridgehead atoms. The number of Topliss-reactive ketones (excluding diaryl/α,β-unsaturated/α-hetero) is 1. The molecule has 0 aliphatic heterocycles. The van der Waals surface area contributed by atoms with Crippen LogP contribution in [0.25, 0.3) is 0 Å². The fourth-order valence-electron chi connectivity index (χ4n) is 1.59. The summed E-state index contributed by atoms with van der Waals surface area (Å²) < 4.78 is 36.4. The van der Waals surface area contributed by atoms with Gasteiger partial charge in [-0.15, -0.1) is 0 Å². The second-order valence-electron chi connectivity index (χ2n) is 4.03. The number of carbonyl (C=O) groups is 1. The Bertz CT molecular complexity index is 421. The summed E-state index contributed by atoms with van der Waals surface area (Å²) in [5, 5.41) is 0. The lowest BCUT2D eigenvalue weighted by Gasteiger charge is -2.17. The van der Waals surface area contributed by atoms with Gasteiger partial charge in [-0.3, -0.25) is 4.79 Å². The maximum Gasteiger partial charge on any atom is 0.194 e. The van der Waals surface area contributed by atoms with E-state index in [0.29, 0.717) is 12.7 Å². The zero-order valence-electron chi connectivity index (χ0n) is 10.6. The number of benzene rings is 1. The molecule has 0 saturated heterocycles. The quantitative estimate of drug-likeness (QED) is 0.736. The van der Waals surface area contributed by atoms with E-state index in [1.54, 1.807) is 6.92 Å². The van der Waals surface area contributed by atoms with E-state index in [-0.39, 0.29) is 11.7 Å². The van der Waals surface area contributed by atoms with Crippen molar-refractivity contribution in [1.82, 2.24) is 0 Å². The molecule has 0 saturated carbocycles. The fraction of sp³-hybridized carbons (Fsp3) is 0.462. The smallest absolute Gasteiger partial charge is 0.194 e. The van der Waals surface area contributed by atoms with E-state index in [9.17, 15) is 13.6 Å². The lowest BCUT2D eigenvalue weighted by molar-refractivity contribution is -0.0216. The normalized spacial score (nSPS) is 14.3. The Hall–Kier alpha value is -1.33. The van der Waals surface area contributed by atoms with Gasteiger partial charge in [0.15, 0.2) is 5.78 Å². The molecule has 100 valence electrons. The summed E-state index contributed by atoms with van der Waals surface area (Å²) in [7, 11) is 1.52. The molecular weight excluding hydrogens is 242 g/mol. The van der Waals surface area contributed by atoms with E-state index >= 15 is 0 Å². The standard InChI is InChI=1S/C13H16F2O3/c1-8(7-17-3)18-9(2)13(16)11-5-4-10(14)6-12(11)15/h4-6,8-9H,7H2,1-3H3. The van der Waals surface area contributed by atoms with E-state index in [0.717, 1.165) is 12.1 Å². The third-order valence-electron chi connectivity index (χ3n) is 2.40. The van der Waals surface area contributed by atoms with Crippen LogP contribution in [0, 0.1) is 11.6 Å². The summed E-state index contributed by atoms with van der Waals surface area (Å²) >= 11 is 0. The summed E-state index contributed by atoms with van der Waals surface area (Å²) in [5.74, 6) is -2.12. The van der Waals surface area contributed by atoms with Crippen LogP contribution in [-0.2, 0) is 9.47 Å². The summed E-state index contributed by atoms with van der Waals surface area (Å²) in [6.45, 7) is 3.61. The average Bonchev–Trinajstić information content (AvgIpc) is 2.28. The molecular formula is C13H16F2O3. The Morgan fingerprint density at radius 3 is 2.56 bits per heavy atom. The monoisotopic (exact) mass is 258 g/mol. The number of methoxy groups -OCH3 is 1. The molecule has 0 aromatic heterocycles. The minimum absolute atomic E-state index is 0.173. The van der Waals surface area contributed by atoms with Crippen LogP contribution < -0.4 is 0 Å². The number of hydrogen-bond acceptors (Lipinski definition) is 3. The van der Waals surface area contributed by atoms with Crippen LogP contribution in [0.2, 0.25) is 0 Å². The number of carbonyl (C=O) groups excluding carboxylic acids is 1. The second kappa shape index (κ2) is 6.56. The molecule has 0 N–H and O–H groups in total. The molecule has 3 nitrogen and oxygen atoms in total. The molecule has 0 amide bonds. The predicted molar refractivity (Wildman–Crippen MR) is 62.6 cm³/mol. The van der Waals surface area contributed by atoms with Crippen LogP contribution in [0.4, 0.5) is 8.78 Å². The molecule has 1 aromatic rings. The highest BCUT2D eigenvalue weighted by atomic mass is 19.1. The lowest BCUT2D eigenvalue weighted by Crippen LogP contribution is -2.28. The molecule has 0 radical (unpaired) electrons. The van der Waals surface area contributed by atoms with Crippen LogP contribution in [-0.4, -0.2) is 31.7 Å². The van der Waals surface area contributed by atoms with Crippen molar-refractivity contribution in [3.05, 3.63) is 35.4 Å². The van der Waals surface area contributed by atoms with Gasteiger partial charge in [0.05, 0.1) is 18.3 Å².